The van der Waals surface area contributed by atoms with E-state index in [2.05, 4.69) is 15.5 Å². The number of rotatable bonds is 7. The van der Waals surface area contributed by atoms with Crippen molar-refractivity contribution in [2.45, 2.75) is 13.2 Å². The minimum absolute atomic E-state index is 0.135. The summed E-state index contributed by atoms with van der Waals surface area (Å²) >= 11 is 0. The van der Waals surface area contributed by atoms with Crippen LogP contribution in [0, 0.1) is 0 Å². The normalized spacial score (nSPS) is 10.7. The average Bonchev–Trinajstić information content (AvgIpc) is 3.25. The van der Waals surface area contributed by atoms with Gasteiger partial charge in [-0.25, -0.2) is 0 Å². The van der Waals surface area contributed by atoms with Gasteiger partial charge in [-0.15, -0.1) is 0 Å². The van der Waals surface area contributed by atoms with Crippen LogP contribution in [0.5, 0.6) is 11.5 Å². The van der Waals surface area contributed by atoms with Crippen LogP contribution in [0.15, 0.2) is 71.4 Å². The zero-order valence-electron chi connectivity index (χ0n) is 15.8. The lowest BCUT2D eigenvalue weighted by Crippen LogP contribution is -2.23. The lowest BCUT2D eigenvalue weighted by molar-refractivity contribution is 0.0941. The van der Waals surface area contributed by atoms with Crippen molar-refractivity contribution in [2.75, 3.05) is 7.11 Å². The van der Waals surface area contributed by atoms with Gasteiger partial charge < -0.3 is 19.3 Å². The number of nitrogens with zero attached hydrogens (tertiary/aromatic N) is 2. The second-order valence-corrected chi connectivity index (χ2v) is 6.29. The van der Waals surface area contributed by atoms with E-state index in [0.717, 1.165) is 16.5 Å². The standard InChI is InChI=1S/C22H19N3O4/c1-27-20-8-4-5-9-21(20)28-14-16-12-19(25-29-16)22(26)24-13-15-10-11-23-18-7-3-2-6-17(15)18/h2-12H,13-14H2,1H3,(H,24,26). The lowest BCUT2D eigenvalue weighted by Gasteiger charge is -2.08. The van der Waals surface area contributed by atoms with Crippen LogP contribution >= 0.6 is 0 Å². The Labute approximate surface area is 167 Å². The Hall–Kier alpha value is -3.87. The summed E-state index contributed by atoms with van der Waals surface area (Å²) in [5, 5.41) is 7.70. The number of carbonyl (C=O) groups excluding carboxylic acids is 1. The fourth-order valence-electron chi connectivity index (χ4n) is 2.95. The molecule has 1 amide bonds. The van der Waals surface area contributed by atoms with Crippen LogP contribution in [-0.2, 0) is 13.2 Å². The largest absolute Gasteiger partial charge is 0.493 e. The van der Waals surface area contributed by atoms with Crippen LogP contribution in [0.2, 0.25) is 0 Å². The zero-order valence-corrected chi connectivity index (χ0v) is 15.8. The van der Waals surface area contributed by atoms with Gasteiger partial charge in [0.15, 0.2) is 23.0 Å². The molecule has 0 saturated heterocycles. The third-order valence-electron chi connectivity index (χ3n) is 4.41. The summed E-state index contributed by atoms with van der Waals surface area (Å²) < 4.78 is 16.1. The molecule has 0 aliphatic rings. The predicted octanol–water partition coefficient (Wildman–Crippen LogP) is 3.74. The maximum absolute atomic E-state index is 12.4. The topological polar surface area (TPSA) is 86.5 Å². The summed E-state index contributed by atoms with van der Waals surface area (Å²) in [4.78, 5) is 16.8. The van der Waals surface area contributed by atoms with E-state index in [0.29, 0.717) is 23.8 Å². The molecule has 0 bridgehead atoms. The number of benzene rings is 2. The number of hydrogen-bond acceptors (Lipinski definition) is 6. The summed E-state index contributed by atoms with van der Waals surface area (Å²) in [7, 11) is 1.57. The van der Waals surface area contributed by atoms with Crippen molar-refractivity contribution in [3.05, 3.63) is 83.9 Å². The summed E-state index contributed by atoms with van der Waals surface area (Å²) in [6.07, 6.45) is 1.73. The molecule has 29 heavy (non-hydrogen) atoms. The van der Waals surface area contributed by atoms with Crippen molar-refractivity contribution in [1.29, 1.82) is 0 Å². The van der Waals surface area contributed by atoms with Gasteiger partial charge in [-0.1, -0.05) is 35.5 Å². The number of hydrogen-bond donors (Lipinski definition) is 1. The number of methoxy groups -OCH3 is 1. The van der Waals surface area contributed by atoms with Crippen molar-refractivity contribution in [2.24, 2.45) is 0 Å². The monoisotopic (exact) mass is 389 g/mol. The van der Waals surface area contributed by atoms with Crippen LogP contribution in [-0.4, -0.2) is 23.2 Å². The summed E-state index contributed by atoms with van der Waals surface area (Å²) in [5.74, 6) is 1.32. The quantitative estimate of drug-likeness (QED) is 0.518. The number of amides is 1. The van der Waals surface area contributed by atoms with Gasteiger partial charge in [0, 0.05) is 24.2 Å². The molecule has 0 spiro atoms. The van der Waals surface area contributed by atoms with Crippen molar-refractivity contribution in [3.63, 3.8) is 0 Å². The fraction of sp³-hybridized carbons (Fsp3) is 0.136. The van der Waals surface area contributed by atoms with Gasteiger partial charge >= 0.3 is 0 Å². The second-order valence-electron chi connectivity index (χ2n) is 6.29. The first-order chi connectivity index (χ1) is 14.2. The Morgan fingerprint density at radius 2 is 1.86 bits per heavy atom. The van der Waals surface area contributed by atoms with Crippen molar-refractivity contribution >= 4 is 16.8 Å². The highest BCUT2D eigenvalue weighted by Gasteiger charge is 2.14. The number of nitrogens with one attached hydrogen (secondary N) is 1. The van der Waals surface area contributed by atoms with E-state index >= 15 is 0 Å². The predicted molar refractivity (Wildman–Crippen MR) is 107 cm³/mol. The maximum Gasteiger partial charge on any atom is 0.273 e. The van der Waals surface area contributed by atoms with E-state index in [-0.39, 0.29) is 18.2 Å². The van der Waals surface area contributed by atoms with E-state index < -0.39 is 0 Å². The molecule has 0 radical (unpaired) electrons. The first kappa shape index (κ1) is 18.5. The molecule has 0 aliphatic heterocycles. The minimum atomic E-state index is -0.321. The Balaban J connectivity index is 1.38. The Kier molecular flexibility index (Phi) is 5.38. The average molecular weight is 389 g/mol. The first-order valence-corrected chi connectivity index (χ1v) is 9.07. The van der Waals surface area contributed by atoms with E-state index in [1.807, 2.05) is 42.5 Å². The van der Waals surface area contributed by atoms with Gasteiger partial charge in [0.25, 0.3) is 5.91 Å². The van der Waals surface area contributed by atoms with Crippen LogP contribution in [0.3, 0.4) is 0 Å². The van der Waals surface area contributed by atoms with E-state index in [1.165, 1.54) is 0 Å². The molecular weight excluding hydrogens is 370 g/mol. The molecule has 2 heterocycles. The zero-order chi connectivity index (χ0) is 20.1. The number of ether oxygens (including phenoxy) is 2. The molecule has 146 valence electrons. The third kappa shape index (κ3) is 4.19. The highest BCUT2D eigenvalue weighted by atomic mass is 16.5. The minimum Gasteiger partial charge on any atom is -0.493 e. The van der Waals surface area contributed by atoms with Gasteiger partial charge in [0.1, 0.15) is 6.61 Å². The van der Waals surface area contributed by atoms with Crippen LogP contribution in [0.1, 0.15) is 21.8 Å². The number of para-hydroxylation sites is 3. The molecule has 0 saturated carbocycles. The van der Waals surface area contributed by atoms with Crippen molar-refractivity contribution in [3.8, 4) is 11.5 Å². The second kappa shape index (κ2) is 8.43. The van der Waals surface area contributed by atoms with Gasteiger partial charge in [0.05, 0.1) is 12.6 Å². The highest BCUT2D eigenvalue weighted by Crippen LogP contribution is 2.26. The molecule has 7 nitrogen and oxygen atoms in total. The number of carbonyl (C=O) groups is 1. The molecule has 4 rings (SSSR count). The number of aromatic nitrogens is 2. The number of pyridine rings is 1. The molecule has 2 aromatic heterocycles. The molecule has 0 fully saturated rings. The Morgan fingerprint density at radius 3 is 2.72 bits per heavy atom. The third-order valence-corrected chi connectivity index (χ3v) is 4.41. The van der Waals surface area contributed by atoms with Crippen LogP contribution in [0.25, 0.3) is 10.9 Å². The Bertz CT molecular complexity index is 1130. The molecule has 2 aromatic carbocycles. The molecular formula is C22H19N3O4. The van der Waals surface area contributed by atoms with Gasteiger partial charge in [-0.2, -0.15) is 0 Å². The molecule has 0 atom stereocenters. The van der Waals surface area contributed by atoms with Gasteiger partial charge in [-0.05, 0) is 29.8 Å². The van der Waals surface area contributed by atoms with E-state index in [9.17, 15) is 4.79 Å². The van der Waals surface area contributed by atoms with Crippen molar-refractivity contribution in [1.82, 2.24) is 15.5 Å². The van der Waals surface area contributed by atoms with Gasteiger partial charge in [0.2, 0.25) is 0 Å². The summed E-state index contributed by atoms with van der Waals surface area (Å²) in [5.41, 5.74) is 2.06. The summed E-state index contributed by atoms with van der Waals surface area (Å²) in [6.45, 7) is 0.497. The molecule has 1 N–H and O–H groups in total. The number of fused-ring (bicyclic) bond motifs is 1. The maximum atomic E-state index is 12.4. The molecule has 7 heteroatoms. The van der Waals surface area contributed by atoms with Crippen LogP contribution < -0.4 is 14.8 Å². The van der Waals surface area contributed by atoms with E-state index in [1.54, 1.807) is 31.5 Å². The van der Waals surface area contributed by atoms with Crippen LogP contribution in [0.4, 0.5) is 0 Å². The molecule has 0 unspecified atom stereocenters. The lowest BCUT2D eigenvalue weighted by atomic mass is 10.1. The molecule has 4 aromatic rings. The highest BCUT2D eigenvalue weighted by molar-refractivity contribution is 5.92. The smallest absolute Gasteiger partial charge is 0.273 e. The SMILES string of the molecule is COc1ccccc1OCc1cc(C(=O)NCc2ccnc3ccccc23)no1. The summed E-state index contributed by atoms with van der Waals surface area (Å²) in [6, 6.07) is 18.5. The van der Waals surface area contributed by atoms with Gasteiger partial charge in [-0.3, -0.25) is 9.78 Å². The first-order valence-electron chi connectivity index (χ1n) is 9.07. The molecule has 0 aliphatic carbocycles. The fourth-order valence-corrected chi connectivity index (χ4v) is 2.95. The Morgan fingerprint density at radius 1 is 1.07 bits per heavy atom. The van der Waals surface area contributed by atoms with E-state index in [4.69, 9.17) is 14.0 Å². The van der Waals surface area contributed by atoms with Crippen molar-refractivity contribution < 1.29 is 18.8 Å².